The van der Waals surface area contributed by atoms with Crippen molar-refractivity contribution >= 4 is 6.09 Å². The molecule has 1 aliphatic carbocycles. The average Bonchev–Trinajstić information content (AvgIpc) is 2.72. The average molecular weight is 273 g/mol. The molecule has 0 spiro atoms. The van der Waals surface area contributed by atoms with Crippen molar-refractivity contribution in [1.29, 1.82) is 0 Å². The maximum absolute atomic E-state index is 12.1. The minimum atomic E-state index is -0.519. The molecule has 0 aromatic heterocycles. The Morgan fingerprint density at radius 3 is 2.45 bits per heavy atom. The van der Waals surface area contributed by atoms with Crippen molar-refractivity contribution in [1.82, 2.24) is 4.90 Å². The van der Waals surface area contributed by atoms with E-state index in [1.54, 1.807) is 0 Å². The van der Waals surface area contributed by atoms with Crippen molar-refractivity contribution in [3.8, 4) is 0 Å². The quantitative estimate of drug-likeness (QED) is 0.817. The Hall–Kier alpha value is -1.51. The van der Waals surface area contributed by atoms with E-state index in [4.69, 9.17) is 4.74 Å². The van der Waals surface area contributed by atoms with Gasteiger partial charge in [-0.05, 0) is 31.2 Å². The lowest BCUT2D eigenvalue weighted by atomic mass is 9.74. The number of cyclic esters (lactones) is 1. The molecule has 108 valence electrons. The van der Waals surface area contributed by atoms with Crippen LogP contribution < -0.4 is 0 Å². The third kappa shape index (κ3) is 2.09. The van der Waals surface area contributed by atoms with Gasteiger partial charge >= 0.3 is 6.09 Å². The number of benzene rings is 1. The summed E-state index contributed by atoms with van der Waals surface area (Å²) in [6, 6.07) is 10.3. The van der Waals surface area contributed by atoms with E-state index in [-0.39, 0.29) is 12.1 Å². The molecule has 0 N–H and O–H groups in total. The van der Waals surface area contributed by atoms with Crippen LogP contribution in [0.3, 0.4) is 0 Å². The maximum Gasteiger partial charge on any atom is 0.410 e. The van der Waals surface area contributed by atoms with Crippen LogP contribution in [-0.4, -0.2) is 24.1 Å². The van der Waals surface area contributed by atoms with Gasteiger partial charge in [-0.25, -0.2) is 4.79 Å². The largest absolute Gasteiger partial charge is 0.436 e. The zero-order valence-electron chi connectivity index (χ0n) is 12.3. The minimum Gasteiger partial charge on any atom is -0.436 e. The fourth-order valence-corrected chi connectivity index (χ4v) is 4.01. The van der Waals surface area contributed by atoms with E-state index in [9.17, 15) is 4.79 Å². The van der Waals surface area contributed by atoms with E-state index >= 15 is 0 Å². The van der Waals surface area contributed by atoms with Crippen molar-refractivity contribution in [3.63, 3.8) is 0 Å². The number of ether oxygens (including phenoxy) is 1. The van der Waals surface area contributed by atoms with E-state index in [0.717, 1.165) is 5.56 Å². The number of nitrogens with zero attached hydrogens (tertiary/aromatic N) is 1. The molecule has 0 bridgehead atoms. The van der Waals surface area contributed by atoms with Crippen LogP contribution in [0, 0.1) is 5.92 Å². The Labute approximate surface area is 120 Å². The second kappa shape index (κ2) is 5.12. The highest BCUT2D eigenvalue weighted by molar-refractivity contribution is 5.71. The molecule has 0 radical (unpaired) electrons. The summed E-state index contributed by atoms with van der Waals surface area (Å²) in [5.41, 5.74) is 0.586. The number of hydrogen-bond acceptors (Lipinski definition) is 2. The van der Waals surface area contributed by atoms with Gasteiger partial charge in [-0.1, -0.05) is 49.6 Å². The molecule has 1 saturated carbocycles. The first-order valence-electron chi connectivity index (χ1n) is 7.64. The summed E-state index contributed by atoms with van der Waals surface area (Å²) < 4.78 is 5.80. The van der Waals surface area contributed by atoms with Gasteiger partial charge in [0.05, 0.1) is 6.04 Å². The monoisotopic (exact) mass is 273 g/mol. The molecule has 20 heavy (non-hydrogen) atoms. The third-order valence-electron chi connectivity index (χ3n) is 5.01. The standard InChI is InChI=1S/C17H23NO2/c1-17(14-11-7-4-8-12-14)15(18(2)16(19)20-17)13-9-5-3-6-10-13/h4,7-8,11-13,15H,3,5-6,9-10H2,1-2H3/t15?,17-/m1/s1. The summed E-state index contributed by atoms with van der Waals surface area (Å²) in [7, 11) is 1.88. The van der Waals surface area contributed by atoms with Crippen molar-refractivity contribution in [2.45, 2.75) is 50.7 Å². The highest BCUT2D eigenvalue weighted by atomic mass is 16.6. The molecule has 2 aliphatic rings. The summed E-state index contributed by atoms with van der Waals surface area (Å²) in [4.78, 5) is 13.9. The molecule has 1 heterocycles. The highest BCUT2D eigenvalue weighted by Gasteiger charge is 2.53. The molecule has 1 unspecified atom stereocenters. The molecular weight excluding hydrogens is 250 g/mol. The van der Waals surface area contributed by atoms with Gasteiger partial charge in [0, 0.05) is 7.05 Å². The minimum absolute atomic E-state index is 0.151. The Morgan fingerprint density at radius 2 is 1.80 bits per heavy atom. The van der Waals surface area contributed by atoms with Crippen LogP contribution in [0.25, 0.3) is 0 Å². The number of carbonyl (C=O) groups excluding carboxylic acids is 1. The molecule has 2 fully saturated rings. The Morgan fingerprint density at radius 1 is 1.15 bits per heavy atom. The third-order valence-corrected chi connectivity index (χ3v) is 5.01. The van der Waals surface area contributed by atoms with E-state index < -0.39 is 5.60 Å². The number of hydrogen-bond donors (Lipinski definition) is 0. The van der Waals surface area contributed by atoms with Crippen molar-refractivity contribution in [2.24, 2.45) is 5.92 Å². The van der Waals surface area contributed by atoms with E-state index in [1.807, 2.05) is 30.1 Å². The fourth-order valence-electron chi connectivity index (χ4n) is 4.01. The van der Waals surface area contributed by atoms with Crippen molar-refractivity contribution in [3.05, 3.63) is 35.9 Å². The zero-order valence-corrected chi connectivity index (χ0v) is 12.3. The van der Waals surface area contributed by atoms with Crippen LogP contribution in [0.4, 0.5) is 4.79 Å². The number of carbonyl (C=O) groups is 1. The van der Waals surface area contributed by atoms with Gasteiger partial charge in [-0.3, -0.25) is 0 Å². The summed E-state index contributed by atoms with van der Waals surface area (Å²) in [5.74, 6) is 0.547. The number of likely N-dealkylation sites (N-methyl/N-ethyl adjacent to an activating group) is 1. The van der Waals surface area contributed by atoms with E-state index in [0.29, 0.717) is 5.92 Å². The second-order valence-corrected chi connectivity index (χ2v) is 6.29. The van der Waals surface area contributed by atoms with E-state index in [2.05, 4.69) is 19.1 Å². The Kier molecular flexibility index (Phi) is 3.45. The molecule has 1 amide bonds. The van der Waals surface area contributed by atoms with Gasteiger partial charge in [0.1, 0.15) is 0 Å². The lowest BCUT2D eigenvalue weighted by molar-refractivity contribution is 0.0238. The van der Waals surface area contributed by atoms with Crippen LogP contribution in [0.1, 0.15) is 44.6 Å². The molecule has 3 nitrogen and oxygen atoms in total. The zero-order chi connectivity index (χ0) is 14.2. The van der Waals surface area contributed by atoms with Gasteiger partial charge in [0.25, 0.3) is 0 Å². The lowest BCUT2D eigenvalue weighted by Gasteiger charge is -2.38. The molecule has 3 rings (SSSR count). The normalized spacial score (nSPS) is 31.4. The predicted octanol–water partition coefficient (Wildman–Crippen LogP) is 3.93. The topological polar surface area (TPSA) is 29.5 Å². The predicted molar refractivity (Wildman–Crippen MR) is 78.4 cm³/mol. The maximum atomic E-state index is 12.1. The number of amides is 1. The van der Waals surface area contributed by atoms with Gasteiger partial charge in [-0.2, -0.15) is 0 Å². The summed E-state index contributed by atoms with van der Waals surface area (Å²) >= 11 is 0. The van der Waals surface area contributed by atoms with Crippen LogP contribution in [-0.2, 0) is 10.3 Å². The van der Waals surface area contributed by atoms with Crippen LogP contribution >= 0.6 is 0 Å². The van der Waals surface area contributed by atoms with Crippen LogP contribution in [0.2, 0.25) is 0 Å². The Bertz CT molecular complexity index is 481. The fraction of sp³-hybridized carbons (Fsp3) is 0.588. The first-order chi connectivity index (χ1) is 9.63. The van der Waals surface area contributed by atoms with Gasteiger partial charge < -0.3 is 9.64 Å². The second-order valence-electron chi connectivity index (χ2n) is 6.29. The van der Waals surface area contributed by atoms with Gasteiger partial charge in [-0.15, -0.1) is 0 Å². The van der Waals surface area contributed by atoms with E-state index in [1.165, 1.54) is 32.1 Å². The molecule has 1 aromatic rings. The van der Waals surface area contributed by atoms with Crippen molar-refractivity contribution in [2.75, 3.05) is 7.05 Å². The SMILES string of the molecule is CN1C(=O)O[C@](C)(c2ccccc2)C1C1CCCCC1. The van der Waals surface area contributed by atoms with Crippen LogP contribution in [0.5, 0.6) is 0 Å². The molecule has 1 saturated heterocycles. The lowest BCUT2D eigenvalue weighted by Crippen LogP contribution is -2.46. The van der Waals surface area contributed by atoms with Crippen LogP contribution in [0.15, 0.2) is 30.3 Å². The van der Waals surface area contributed by atoms with Crippen molar-refractivity contribution < 1.29 is 9.53 Å². The smallest absolute Gasteiger partial charge is 0.410 e. The van der Waals surface area contributed by atoms with Gasteiger partial charge in [0.2, 0.25) is 0 Å². The number of rotatable bonds is 2. The molecule has 1 aliphatic heterocycles. The van der Waals surface area contributed by atoms with Gasteiger partial charge in [0.15, 0.2) is 5.60 Å². The first kappa shape index (κ1) is 13.5. The molecule has 2 atom stereocenters. The molecule has 3 heteroatoms. The highest BCUT2D eigenvalue weighted by Crippen LogP contribution is 2.45. The summed E-state index contributed by atoms with van der Waals surface area (Å²) in [6.07, 6.45) is 6.08. The molecule has 1 aromatic carbocycles. The first-order valence-corrected chi connectivity index (χ1v) is 7.64. The Balaban J connectivity index is 1.97. The molecular formula is C17H23NO2. The summed E-state index contributed by atoms with van der Waals surface area (Å²) in [6.45, 7) is 2.07. The summed E-state index contributed by atoms with van der Waals surface area (Å²) in [5, 5.41) is 0.